The van der Waals surface area contributed by atoms with E-state index in [0.717, 1.165) is 0 Å². The Labute approximate surface area is 93.4 Å². The van der Waals surface area contributed by atoms with Crippen LogP contribution in [0.15, 0.2) is 22.5 Å². The van der Waals surface area contributed by atoms with E-state index in [1.807, 2.05) is 0 Å². The largest absolute Gasteiger partial charge is 0.481 e. The summed E-state index contributed by atoms with van der Waals surface area (Å²) < 4.78 is 13.7. The number of carboxylic acids is 1. The molecule has 1 rings (SSSR count). The van der Waals surface area contributed by atoms with Crippen molar-refractivity contribution in [3.05, 3.63) is 22.5 Å². The van der Waals surface area contributed by atoms with Gasteiger partial charge in [-0.1, -0.05) is 18.5 Å². The van der Waals surface area contributed by atoms with E-state index in [-0.39, 0.29) is 10.6 Å². The molecule has 1 aliphatic carbocycles. The van der Waals surface area contributed by atoms with Gasteiger partial charge in [0.15, 0.2) is 0 Å². The van der Waals surface area contributed by atoms with Crippen LogP contribution in [0.2, 0.25) is 0 Å². The van der Waals surface area contributed by atoms with E-state index in [0.29, 0.717) is 19.3 Å². The fourth-order valence-electron chi connectivity index (χ4n) is 1.70. The summed E-state index contributed by atoms with van der Waals surface area (Å²) in [5.74, 6) is -1.48. The van der Waals surface area contributed by atoms with Crippen molar-refractivity contribution >= 4 is 17.6 Å². The van der Waals surface area contributed by atoms with Gasteiger partial charge in [0.05, 0.1) is 5.41 Å². The van der Waals surface area contributed by atoms with E-state index in [2.05, 4.69) is 0 Å². The van der Waals surface area contributed by atoms with E-state index < -0.39 is 17.2 Å². The van der Waals surface area contributed by atoms with Gasteiger partial charge < -0.3 is 5.11 Å². The standard InChI is InChI=1S/C11H14ClFO2/c1-3-4-8(13)9(7(2)12)11(5-6-11)10(14)15/h4H,3,5-6H2,1-2H3,(H,14,15)/b8-4+,9-7-. The Morgan fingerprint density at radius 3 is 2.40 bits per heavy atom. The lowest BCUT2D eigenvalue weighted by Gasteiger charge is -2.14. The minimum absolute atomic E-state index is 0.151. The van der Waals surface area contributed by atoms with Crippen LogP contribution in [0.3, 0.4) is 0 Å². The number of carbonyl (C=O) groups is 1. The third-order valence-electron chi connectivity index (χ3n) is 2.60. The van der Waals surface area contributed by atoms with Crippen molar-refractivity contribution < 1.29 is 14.3 Å². The lowest BCUT2D eigenvalue weighted by Crippen LogP contribution is -2.18. The summed E-state index contributed by atoms with van der Waals surface area (Å²) in [5, 5.41) is 9.29. The lowest BCUT2D eigenvalue weighted by atomic mass is 9.94. The zero-order valence-electron chi connectivity index (χ0n) is 8.81. The second-order valence-corrected chi connectivity index (χ2v) is 4.32. The predicted octanol–water partition coefficient (Wildman–Crippen LogP) is 3.63. The van der Waals surface area contributed by atoms with Crippen molar-refractivity contribution in [1.29, 1.82) is 0 Å². The monoisotopic (exact) mass is 232 g/mol. The summed E-state index contributed by atoms with van der Waals surface area (Å²) in [6.07, 6.45) is 2.82. The van der Waals surface area contributed by atoms with E-state index in [9.17, 15) is 9.18 Å². The number of aliphatic carboxylic acids is 1. The zero-order chi connectivity index (χ0) is 11.6. The van der Waals surface area contributed by atoms with Crippen molar-refractivity contribution in [2.75, 3.05) is 0 Å². The molecule has 0 aromatic carbocycles. The molecule has 84 valence electrons. The molecule has 0 aromatic heterocycles. The SMILES string of the molecule is CC/C=C(F)\C(=C(/C)Cl)C1(C(=O)O)CC1. The van der Waals surface area contributed by atoms with Crippen LogP contribution in [0.1, 0.15) is 33.1 Å². The molecule has 2 nitrogen and oxygen atoms in total. The molecule has 1 fully saturated rings. The maximum atomic E-state index is 13.7. The highest BCUT2D eigenvalue weighted by Crippen LogP contribution is 2.56. The fraction of sp³-hybridized carbons (Fsp3) is 0.545. The van der Waals surface area contributed by atoms with Crippen LogP contribution in [-0.4, -0.2) is 11.1 Å². The van der Waals surface area contributed by atoms with Crippen LogP contribution in [0, 0.1) is 5.41 Å². The third-order valence-corrected chi connectivity index (χ3v) is 2.79. The van der Waals surface area contributed by atoms with Gasteiger partial charge in [-0.2, -0.15) is 0 Å². The van der Waals surface area contributed by atoms with Gasteiger partial charge in [0.2, 0.25) is 0 Å². The molecule has 0 bridgehead atoms. The Morgan fingerprint density at radius 2 is 2.13 bits per heavy atom. The summed E-state index contributed by atoms with van der Waals surface area (Å²) in [4.78, 5) is 11.1. The first-order valence-electron chi connectivity index (χ1n) is 4.92. The minimum atomic E-state index is -1.07. The summed E-state index contributed by atoms with van der Waals surface area (Å²) in [6, 6.07) is 0. The van der Waals surface area contributed by atoms with Gasteiger partial charge in [-0.3, -0.25) is 4.79 Å². The Bertz CT molecular complexity index is 336. The first kappa shape index (κ1) is 12.2. The summed E-state index contributed by atoms with van der Waals surface area (Å²) >= 11 is 5.78. The molecule has 1 aliphatic rings. The number of rotatable bonds is 4. The molecular formula is C11H14ClFO2. The molecule has 1 saturated carbocycles. The van der Waals surface area contributed by atoms with Gasteiger partial charge in [0.25, 0.3) is 0 Å². The van der Waals surface area contributed by atoms with E-state index in [4.69, 9.17) is 16.7 Å². The van der Waals surface area contributed by atoms with Crippen molar-refractivity contribution in [3.8, 4) is 0 Å². The van der Waals surface area contributed by atoms with Gasteiger partial charge in [-0.05, 0) is 32.3 Å². The van der Waals surface area contributed by atoms with Crippen LogP contribution >= 0.6 is 11.6 Å². The first-order valence-corrected chi connectivity index (χ1v) is 5.29. The van der Waals surface area contributed by atoms with Gasteiger partial charge >= 0.3 is 5.97 Å². The average molecular weight is 233 g/mol. The quantitative estimate of drug-likeness (QED) is 0.752. The summed E-state index contributed by atoms with van der Waals surface area (Å²) in [5.41, 5.74) is -0.916. The van der Waals surface area contributed by atoms with Crippen molar-refractivity contribution in [1.82, 2.24) is 0 Å². The van der Waals surface area contributed by atoms with Gasteiger partial charge in [0, 0.05) is 10.6 Å². The maximum Gasteiger partial charge on any atom is 0.314 e. The Morgan fingerprint density at radius 1 is 1.60 bits per heavy atom. The normalized spacial score (nSPS) is 20.9. The van der Waals surface area contributed by atoms with Crippen molar-refractivity contribution in [2.24, 2.45) is 5.41 Å². The number of hydrogen-bond acceptors (Lipinski definition) is 1. The second kappa shape index (κ2) is 4.35. The molecule has 0 spiro atoms. The molecule has 0 radical (unpaired) electrons. The molecule has 0 heterocycles. The minimum Gasteiger partial charge on any atom is -0.481 e. The topological polar surface area (TPSA) is 37.3 Å². The number of allylic oxidation sites excluding steroid dienone is 3. The number of hydrogen-bond donors (Lipinski definition) is 1. The Kier molecular flexibility index (Phi) is 3.55. The molecule has 0 aromatic rings. The highest BCUT2D eigenvalue weighted by atomic mass is 35.5. The molecule has 0 unspecified atom stereocenters. The van der Waals surface area contributed by atoms with Crippen LogP contribution < -0.4 is 0 Å². The molecule has 0 atom stereocenters. The van der Waals surface area contributed by atoms with E-state index in [1.165, 1.54) is 13.0 Å². The highest BCUT2D eigenvalue weighted by Gasteiger charge is 2.55. The first-order chi connectivity index (χ1) is 6.95. The average Bonchev–Trinajstić information content (AvgIpc) is 2.85. The molecule has 0 aliphatic heterocycles. The number of carboxylic acid groups (broad SMARTS) is 1. The lowest BCUT2D eigenvalue weighted by molar-refractivity contribution is -0.141. The maximum absolute atomic E-state index is 13.7. The smallest absolute Gasteiger partial charge is 0.314 e. The molecule has 0 saturated heterocycles. The van der Waals surface area contributed by atoms with Crippen LogP contribution in [0.4, 0.5) is 4.39 Å². The zero-order valence-corrected chi connectivity index (χ0v) is 9.57. The van der Waals surface area contributed by atoms with Crippen molar-refractivity contribution in [2.45, 2.75) is 33.1 Å². The summed E-state index contributed by atoms with van der Waals surface area (Å²) in [6.45, 7) is 3.32. The Hall–Kier alpha value is -0.830. The predicted molar refractivity (Wildman–Crippen MR) is 57.3 cm³/mol. The van der Waals surface area contributed by atoms with Crippen molar-refractivity contribution in [3.63, 3.8) is 0 Å². The molecule has 1 N–H and O–H groups in total. The molecule has 0 amide bonds. The highest BCUT2D eigenvalue weighted by molar-refractivity contribution is 6.30. The second-order valence-electron chi connectivity index (χ2n) is 3.76. The van der Waals surface area contributed by atoms with Crippen LogP contribution in [0.25, 0.3) is 0 Å². The van der Waals surface area contributed by atoms with Gasteiger partial charge in [0.1, 0.15) is 5.83 Å². The van der Waals surface area contributed by atoms with Crippen LogP contribution in [-0.2, 0) is 4.79 Å². The van der Waals surface area contributed by atoms with Crippen LogP contribution in [0.5, 0.6) is 0 Å². The third kappa shape index (κ3) is 2.23. The number of halogens is 2. The Balaban J connectivity index is 3.12. The van der Waals surface area contributed by atoms with E-state index >= 15 is 0 Å². The summed E-state index contributed by atoms with van der Waals surface area (Å²) in [7, 11) is 0. The van der Waals surface area contributed by atoms with E-state index in [1.54, 1.807) is 6.92 Å². The molecular weight excluding hydrogens is 219 g/mol. The van der Waals surface area contributed by atoms with Gasteiger partial charge in [-0.15, -0.1) is 0 Å². The fourth-order valence-corrected chi connectivity index (χ4v) is 1.97. The molecule has 15 heavy (non-hydrogen) atoms. The van der Waals surface area contributed by atoms with Gasteiger partial charge in [-0.25, -0.2) is 4.39 Å². The molecule has 4 heteroatoms.